The zero-order chi connectivity index (χ0) is 29.1. The standard InChI is InChI=1S/C30H31F3N6O2/c1-21(2)39-29(41)38(20-34-39)26-13-11-25(12-14-26)36-15-17-37(18-16-36)27(22-7-4-3-5-8-22)28(40)35-24-10-6-9-23(19-24)30(31,32)33/h3-14,19-21,27H,15-18H2,1-2H3,(H,35,40). The van der Waals surface area contributed by atoms with Crippen molar-refractivity contribution in [3.8, 4) is 5.69 Å². The lowest BCUT2D eigenvalue weighted by molar-refractivity contribution is -0.137. The molecule has 0 saturated carbocycles. The first-order chi connectivity index (χ1) is 19.6. The van der Waals surface area contributed by atoms with E-state index < -0.39 is 17.8 Å². The minimum absolute atomic E-state index is 0.0360. The molecular formula is C30H31F3N6O2. The molecular weight excluding hydrogens is 533 g/mol. The van der Waals surface area contributed by atoms with Crippen LogP contribution in [0.2, 0.25) is 0 Å². The van der Waals surface area contributed by atoms with Crippen molar-refractivity contribution < 1.29 is 18.0 Å². The molecule has 1 aliphatic rings. The number of aromatic nitrogens is 3. The van der Waals surface area contributed by atoms with Gasteiger partial charge in [-0.25, -0.2) is 14.0 Å². The predicted molar refractivity (Wildman–Crippen MR) is 151 cm³/mol. The van der Waals surface area contributed by atoms with Crippen molar-refractivity contribution in [2.75, 3.05) is 36.4 Å². The smallest absolute Gasteiger partial charge is 0.369 e. The van der Waals surface area contributed by atoms with Crippen LogP contribution in [0.3, 0.4) is 0 Å². The molecule has 4 aromatic rings. The number of nitrogens with one attached hydrogen (secondary N) is 1. The summed E-state index contributed by atoms with van der Waals surface area (Å²) in [5, 5.41) is 6.88. The Morgan fingerprint density at radius 3 is 2.15 bits per heavy atom. The molecule has 1 unspecified atom stereocenters. The normalized spacial score (nSPS) is 15.2. The van der Waals surface area contributed by atoms with E-state index in [1.807, 2.05) is 73.3 Å². The van der Waals surface area contributed by atoms with E-state index >= 15 is 0 Å². The zero-order valence-electron chi connectivity index (χ0n) is 22.8. The first-order valence-corrected chi connectivity index (χ1v) is 13.4. The van der Waals surface area contributed by atoms with Crippen LogP contribution < -0.4 is 15.9 Å². The number of halogens is 3. The third-order valence-corrected chi connectivity index (χ3v) is 7.18. The fourth-order valence-corrected chi connectivity index (χ4v) is 5.06. The number of rotatable bonds is 7. The molecule has 1 saturated heterocycles. The SMILES string of the molecule is CC(C)n1ncn(-c2ccc(N3CCN(C(C(=O)Nc4cccc(C(F)(F)F)c4)c4ccccc4)CC3)cc2)c1=O. The van der Waals surface area contributed by atoms with Gasteiger partial charge in [0.25, 0.3) is 0 Å². The second-order valence-corrected chi connectivity index (χ2v) is 10.2. The van der Waals surface area contributed by atoms with Crippen molar-refractivity contribution in [1.29, 1.82) is 0 Å². The molecule has 11 heteroatoms. The number of benzene rings is 3. The van der Waals surface area contributed by atoms with E-state index in [1.54, 1.807) is 0 Å². The molecule has 2 heterocycles. The molecule has 1 amide bonds. The lowest BCUT2D eigenvalue weighted by Gasteiger charge is -2.39. The van der Waals surface area contributed by atoms with Gasteiger partial charge in [0.1, 0.15) is 12.4 Å². The van der Waals surface area contributed by atoms with Crippen LogP contribution in [0.15, 0.2) is 90.0 Å². The Hall–Kier alpha value is -4.38. The van der Waals surface area contributed by atoms with Crippen LogP contribution in [-0.4, -0.2) is 51.3 Å². The van der Waals surface area contributed by atoms with Crippen LogP contribution in [0.25, 0.3) is 5.69 Å². The Balaban J connectivity index is 1.29. The van der Waals surface area contributed by atoms with Crippen LogP contribution in [0.1, 0.15) is 37.1 Å². The fraction of sp³-hybridized carbons (Fsp3) is 0.300. The van der Waals surface area contributed by atoms with Crippen molar-refractivity contribution in [1.82, 2.24) is 19.2 Å². The highest BCUT2D eigenvalue weighted by atomic mass is 19.4. The Bertz CT molecular complexity index is 1540. The lowest BCUT2D eigenvalue weighted by Crippen LogP contribution is -2.50. The average Bonchev–Trinajstić information content (AvgIpc) is 3.35. The number of nitrogens with zero attached hydrogens (tertiary/aromatic N) is 5. The molecule has 1 atom stereocenters. The molecule has 0 bridgehead atoms. The summed E-state index contributed by atoms with van der Waals surface area (Å²) < 4.78 is 42.6. The van der Waals surface area contributed by atoms with Crippen LogP contribution in [0, 0.1) is 0 Å². The molecule has 41 heavy (non-hydrogen) atoms. The molecule has 0 aliphatic carbocycles. The number of piperazine rings is 1. The molecule has 1 aromatic heterocycles. The van der Waals surface area contributed by atoms with E-state index in [0.717, 1.165) is 29.1 Å². The van der Waals surface area contributed by atoms with Gasteiger partial charge < -0.3 is 10.2 Å². The maximum absolute atomic E-state index is 13.5. The summed E-state index contributed by atoms with van der Waals surface area (Å²) in [7, 11) is 0. The third kappa shape index (κ3) is 6.19. The molecule has 0 radical (unpaired) electrons. The number of hydrogen-bond acceptors (Lipinski definition) is 5. The second-order valence-electron chi connectivity index (χ2n) is 10.2. The van der Waals surface area contributed by atoms with Gasteiger partial charge in [-0.2, -0.15) is 18.3 Å². The summed E-state index contributed by atoms with van der Waals surface area (Å²) in [5.41, 5.74) is 1.56. The highest BCUT2D eigenvalue weighted by molar-refractivity contribution is 5.95. The summed E-state index contributed by atoms with van der Waals surface area (Å²) in [6.45, 7) is 6.23. The second kappa shape index (κ2) is 11.6. The maximum atomic E-state index is 13.5. The molecule has 1 N–H and O–H groups in total. The van der Waals surface area contributed by atoms with Crippen molar-refractivity contribution >= 4 is 17.3 Å². The van der Waals surface area contributed by atoms with Crippen molar-refractivity contribution in [3.63, 3.8) is 0 Å². The average molecular weight is 565 g/mol. The van der Waals surface area contributed by atoms with Gasteiger partial charge in [-0.3, -0.25) is 9.69 Å². The Morgan fingerprint density at radius 2 is 1.54 bits per heavy atom. The van der Waals surface area contributed by atoms with Crippen LogP contribution in [0.4, 0.5) is 24.5 Å². The summed E-state index contributed by atoms with van der Waals surface area (Å²) in [4.78, 5) is 30.3. The Labute approximate surface area is 235 Å². The quantitative estimate of drug-likeness (QED) is 0.337. The van der Waals surface area contributed by atoms with Gasteiger partial charge >= 0.3 is 11.9 Å². The maximum Gasteiger partial charge on any atom is 0.416 e. The molecule has 1 fully saturated rings. The number of carbonyl (C=O) groups is 1. The molecule has 8 nitrogen and oxygen atoms in total. The monoisotopic (exact) mass is 564 g/mol. The minimum atomic E-state index is -4.50. The number of anilines is 2. The summed E-state index contributed by atoms with van der Waals surface area (Å²) in [6, 6.07) is 20.9. The van der Waals surface area contributed by atoms with E-state index in [1.165, 1.54) is 27.7 Å². The van der Waals surface area contributed by atoms with Gasteiger partial charge in [0.05, 0.1) is 17.3 Å². The van der Waals surface area contributed by atoms with Gasteiger partial charge in [0.2, 0.25) is 5.91 Å². The van der Waals surface area contributed by atoms with Gasteiger partial charge in [-0.1, -0.05) is 36.4 Å². The summed E-state index contributed by atoms with van der Waals surface area (Å²) in [5.74, 6) is -0.388. The van der Waals surface area contributed by atoms with E-state index in [4.69, 9.17) is 0 Å². The van der Waals surface area contributed by atoms with Gasteiger partial charge in [0.15, 0.2) is 0 Å². The van der Waals surface area contributed by atoms with E-state index in [2.05, 4.69) is 15.3 Å². The number of amides is 1. The van der Waals surface area contributed by atoms with Gasteiger partial charge in [-0.15, -0.1) is 0 Å². The Kier molecular flexibility index (Phi) is 7.98. The molecule has 5 rings (SSSR count). The number of alkyl halides is 3. The molecule has 214 valence electrons. The fourth-order valence-electron chi connectivity index (χ4n) is 5.06. The largest absolute Gasteiger partial charge is 0.416 e. The third-order valence-electron chi connectivity index (χ3n) is 7.18. The van der Waals surface area contributed by atoms with Crippen LogP contribution >= 0.6 is 0 Å². The number of hydrogen-bond donors (Lipinski definition) is 1. The van der Waals surface area contributed by atoms with Crippen molar-refractivity contribution in [3.05, 3.63) is 107 Å². The molecule has 3 aromatic carbocycles. The van der Waals surface area contributed by atoms with E-state index in [9.17, 15) is 22.8 Å². The number of carbonyl (C=O) groups excluding carboxylic acids is 1. The van der Waals surface area contributed by atoms with E-state index in [-0.39, 0.29) is 23.3 Å². The highest BCUT2D eigenvalue weighted by Gasteiger charge is 2.33. The molecule has 0 spiro atoms. The van der Waals surface area contributed by atoms with Crippen LogP contribution in [0.5, 0.6) is 0 Å². The van der Waals surface area contributed by atoms with Gasteiger partial charge in [-0.05, 0) is 61.9 Å². The zero-order valence-corrected chi connectivity index (χ0v) is 22.8. The topological polar surface area (TPSA) is 75.4 Å². The first kappa shape index (κ1) is 28.2. The predicted octanol–water partition coefficient (Wildman–Crippen LogP) is 5.14. The highest BCUT2D eigenvalue weighted by Crippen LogP contribution is 2.32. The first-order valence-electron chi connectivity index (χ1n) is 13.4. The lowest BCUT2D eigenvalue weighted by atomic mass is 10.0. The van der Waals surface area contributed by atoms with Crippen LogP contribution in [-0.2, 0) is 11.0 Å². The van der Waals surface area contributed by atoms with E-state index in [0.29, 0.717) is 26.2 Å². The summed E-state index contributed by atoms with van der Waals surface area (Å²) >= 11 is 0. The Morgan fingerprint density at radius 1 is 0.878 bits per heavy atom. The van der Waals surface area contributed by atoms with Gasteiger partial charge in [0, 0.05) is 37.6 Å². The van der Waals surface area contributed by atoms with Crippen molar-refractivity contribution in [2.24, 2.45) is 0 Å². The van der Waals surface area contributed by atoms with Crippen molar-refractivity contribution in [2.45, 2.75) is 32.1 Å². The minimum Gasteiger partial charge on any atom is -0.369 e. The summed E-state index contributed by atoms with van der Waals surface area (Å²) in [6.07, 6.45) is -2.98. The molecule has 1 aliphatic heterocycles.